The minimum Gasteiger partial charge on any atom is -0.350 e. The zero-order chi connectivity index (χ0) is 8.65. The molecule has 13 heavy (non-hydrogen) atoms. The number of rotatable bonds is 0. The molecule has 1 fully saturated rings. The van der Waals surface area contributed by atoms with E-state index in [1.165, 1.54) is 0 Å². The third-order valence-corrected chi connectivity index (χ3v) is 1.86. The Bertz CT molecular complexity index is 208. The predicted molar refractivity (Wildman–Crippen MR) is 60.6 cm³/mol. The average Bonchev–Trinajstić information content (AvgIpc) is 2.08. The van der Waals surface area contributed by atoms with Crippen molar-refractivity contribution >= 4 is 23.2 Å². The molecule has 1 atom stereocenters. The van der Waals surface area contributed by atoms with Crippen molar-refractivity contribution in [2.24, 2.45) is 5.41 Å². The lowest BCUT2D eigenvalue weighted by Gasteiger charge is -2.23. The summed E-state index contributed by atoms with van der Waals surface area (Å²) in [4.78, 5) is 11.2. The molecule has 4 heteroatoms. The van der Waals surface area contributed by atoms with E-state index in [4.69, 9.17) is 12.2 Å². The van der Waals surface area contributed by atoms with Crippen LogP contribution in [-0.2, 0) is 4.79 Å². The van der Waals surface area contributed by atoms with Crippen LogP contribution < -0.4 is 10.6 Å². The topological polar surface area (TPSA) is 41.1 Å². The van der Waals surface area contributed by atoms with Crippen molar-refractivity contribution in [3.8, 4) is 0 Å². The normalized spacial score (nSPS) is 21.0. The van der Waals surface area contributed by atoms with Gasteiger partial charge < -0.3 is 10.6 Å². The maximum Gasteiger partial charge on any atom is 0.249 e. The van der Waals surface area contributed by atoms with E-state index in [-0.39, 0.29) is 32.2 Å². The van der Waals surface area contributed by atoms with E-state index in [1.807, 2.05) is 20.8 Å². The van der Waals surface area contributed by atoms with Crippen LogP contribution in [0.4, 0.5) is 0 Å². The highest BCUT2D eigenvalue weighted by atomic mass is 32.1. The number of carbonyl (C=O) groups is 1. The van der Waals surface area contributed by atoms with Crippen LogP contribution in [0.2, 0.25) is 0 Å². The van der Waals surface area contributed by atoms with Gasteiger partial charge in [-0.2, -0.15) is 0 Å². The van der Waals surface area contributed by atoms with Gasteiger partial charge in [-0.25, -0.2) is 0 Å². The van der Waals surface area contributed by atoms with Crippen molar-refractivity contribution in [2.45, 2.75) is 41.7 Å². The Hall–Kier alpha value is -0.640. The van der Waals surface area contributed by atoms with Crippen molar-refractivity contribution in [2.75, 3.05) is 0 Å². The molecule has 1 aliphatic heterocycles. The Balaban J connectivity index is 0. The van der Waals surface area contributed by atoms with E-state index in [0.717, 1.165) is 0 Å². The average molecular weight is 204 g/mol. The second-order valence-electron chi connectivity index (χ2n) is 3.76. The van der Waals surface area contributed by atoms with Gasteiger partial charge in [0.1, 0.15) is 6.04 Å². The molecule has 0 aromatic carbocycles. The summed E-state index contributed by atoms with van der Waals surface area (Å²) >= 11 is 4.80. The van der Waals surface area contributed by atoms with Gasteiger partial charge in [0.05, 0.1) is 0 Å². The van der Waals surface area contributed by atoms with Crippen LogP contribution in [0.5, 0.6) is 0 Å². The van der Waals surface area contributed by atoms with Crippen LogP contribution in [0.15, 0.2) is 0 Å². The standard InChI is InChI=1S/C7H12N2OS.2CH4/c1-7(2,3)4-5(10)9-6(11)8-4;;/h4H,1-3H3,(H2,8,9,10,11);2*1H4. The van der Waals surface area contributed by atoms with Gasteiger partial charge in [0, 0.05) is 0 Å². The monoisotopic (exact) mass is 204 g/mol. The first-order valence-corrected chi connectivity index (χ1v) is 3.93. The molecule has 0 spiro atoms. The Morgan fingerprint density at radius 3 is 1.92 bits per heavy atom. The van der Waals surface area contributed by atoms with Gasteiger partial charge >= 0.3 is 0 Å². The lowest BCUT2D eigenvalue weighted by Crippen LogP contribution is -2.40. The van der Waals surface area contributed by atoms with E-state index in [0.29, 0.717) is 5.11 Å². The molecule has 1 heterocycles. The SMILES string of the molecule is C.C.CC(C)(C)C1NC(=S)NC1=O. The Morgan fingerprint density at radius 2 is 1.77 bits per heavy atom. The van der Waals surface area contributed by atoms with Gasteiger partial charge in [-0.05, 0) is 17.6 Å². The zero-order valence-corrected chi connectivity index (χ0v) is 7.71. The third-order valence-electron chi connectivity index (χ3n) is 1.64. The van der Waals surface area contributed by atoms with Crippen molar-refractivity contribution in [3.05, 3.63) is 0 Å². The van der Waals surface area contributed by atoms with Crippen LogP contribution in [0.25, 0.3) is 0 Å². The summed E-state index contributed by atoms with van der Waals surface area (Å²) in [5.41, 5.74) is -0.0787. The molecule has 78 valence electrons. The molecular weight excluding hydrogens is 184 g/mol. The molecule has 1 amide bonds. The van der Waals surface area contributed by atoms with E-state index in [9.17, 15) is 4.79 Å². The summed E-state index contributed by atoms with van der Waals surface area (Å²) in [6.07, 6.45) is 0. The summed E-state index contributed by atoms with van der Waals surface area (Å²) in [6.45, 7) is 5.99. The second kappa shape index (κ2) is 4.56. The molecule has 0 aliphatic carbocycles. The van der Waals surface area contributed by atoms with Crippen LogP contribution in [-0.4, -0.2) is 17.1 Å². The molecule has 0 aromatic heterocycles. The molecule has 2 N–H and O–H groups in total. The van der Waals surface area contributed by atoms with Gasteiger partial charge in [0.2, 0.25) is 5.91 Å². The molecule has 1 aliphatic rings. The Morgan fingerprint density at radius 1 is 1.31 bits per heavy atom. The molecule has 0 saturated carbocycles. The Kier molecular flexibility index (Phi) is 5.21. The van der Waals surface area contributed by atoms with Gasteiger partial charge in [0.15, 0.2) is 5.11 Å². The van der Waals surface area contributed by atoms with E-state index in [1.54, 1.807) is 0 Å². The fraction of sp³-hybridized carbons (Fsp3) is 0.778. The van der Waals surface area contributed by atoms with E-state index in [2.05, 4.69) is 10.6 Å². The molecule has 1 unspecified atom stereocenters. The maximum absolute atomic E-state index is 11.2. The van der Waals surface area contributed by atoms with Gasteiger partial charge in [-0.15, -0.1) is 0 Å². The molecule has 1 rings (SSSR count). The fourth-order valence-electron chi connectivity index (χ4n) is 1.03. The number of hydrogen-bond acceptors (Lipinski definition) is 2. The first kappa shape index (κ1) is 14.9. The molecule has 1 saturated heterocycles. The molecule has 0 aromatic rings. The third kappa shape index (κ3) is 3.30. The predicted octanol–water partition coefficient (Wildman–Crippen LogP) is 1.68. The number of amides is 1. The number of thiocarbonyl (C=S) groups is 1. The highest BCUT2D eigenvalue weighted by Crippen LogP contribution is 2.21. The van der Waals surface area contributed by atoms with Crippen LogP contribution in [0, 0.1) is 5.41 Å². The Labute approximate surface area is 86.3 Å². The van der Waals surface area contributed by atoms with Crippen LogP contribution in [0.1, 0.15) is 35.6 Å². The number of carbonyl (C=O) groups excluding carboxylic acids is 1. The van der Waals surface area contributed by atoms with Gasteiger partial charge in [-0.3, -0.25) is 4.79 Å². The van der Waals surface area contributed by atoms with Crippen LogP contribution in [0.3, 0.4) is 0 Å². The minimum atomic E-state index is -0.185. The highest BCUT2D eigenvalue weighted by Gasteiger charge is 2.36. The van der Waals surface area contributed by atoms with E-state index >= 15 is 0 Å². The lowest BCUT2D eigenvalue weighted by atomic mass is 9.87. The quantitative estimate of drug-likeness (QED) is 0.590. The smallest absolute Gasteiger partial charge is 0.249 e. The first-order valence-electron chi connectivity index (χ1n) is 3.52. The lowest BCUT2D eigenvalue weighted by molar-refractivity contribution is -0.122. The number of hydrogen-bond donors (Lipinski definition) is 2. The van der Waals surface area contributed by atoms with Gasteiger partial charge in [0.25, 0.3) is 0 Å². The van der Waals surface area contributed by atoms with E-state index < -0.39 is 0 Å². The summed E-state index contributed by atoms with van der Waals surface area (Å²) in [5.74, 6) is -0.0255. The van der Waals surface area contributed by atoms with Crippen molar-refractivity contribution in [3.63, 3.8) is 0 Å². The zero-order valence-electron chi connectivity index (χ0n) is 6.89. The summed E-state index contributed by atoms with van der Waals surface area (Å²) in [5, 5.41) is 5.91. The molecular formula is C9H20N2OS. The first-order chi connectivity index (χ1) is 4.91. The van der Waals surface area contributed by atoms with Crippen molar-refractivity contribution in [1.82, 2.24) is 10.6 Å². The molecule has 0 radical (unpaired) electrons. The molecule has 3 nitrogen and oxygen atoms in total. The van der Waals surface area contributed by atoms with Gasteiger partial charge in [-0.1, -0.05) is 35.6 Å². The van der Waals surface area contributed by atoms with Crippen molar-refractivity contribution in [1.29, 1.82) is 0 Å². The van der Waals surface area contributed by atoms with Crippen molar-refractivity contribution < 1.29 is 4.79 Å². The molecule has 0 bridgehead atoms. The minimum absolute atomic E-state index is 0. The number of nitrogens with one attached hydrogen (secondary N) is 2. The van der Waals surface area contributed by atoms with Crippen LogP contribution >= 0.6 is 12.2 Å². The maximum atomic E-state index is 11.2. The largest absolute Gasteiger partial charge is 0.350 e. The fourth-order valence-corrected chi connectivity index (χ4v) is 1.25. The summed E-state index contributed by atoms with van der Waals surface area (Å²) < 4.78 is 0. The highest BCUT2D eigenvalue weighted by molar-refractivity contribution is 7.80. The summed E-state index contributed by atoms with van der Waals surface area (Å²) in [6, 6.07) is -0.185. The summed E-state index contributed by atoms with van der Waals surface area (Å²) in [7, 11) is 0. The second-order valence-corrected chi connectivity index (χ2v) is 4.17.